The first-order valence-electron chi connectivity index (χ1n) is 9.69. The molecule has 5 N–H and O–H groups in total. The number of fused-ring (bicyclic) bond motifs is 1. The largest absolute Gasteiger partial charge is 0.669 e. The van der Waals surface area contributed by atoms with E-state index in [4.69, 9.17) is 15.1 Å². The molecule has 148 valence electrons. The number of hydrogen-bond acceptors (Lipinski definition) is 7. The van der Waals surface area contributed by atoms with Crippen LogP contribution in [0.1, 0.15) is 41.6 Å². The zero-order valence-electron chi connectivity index (χ0n) is 15.2. The normalized spacial score (nSPS) is 28.0. The highest BCUT2D eigenvalue weighted by atomic mass is 16.6. The Hall–Kier alpha value is -1.81. The van der Waals surface area contributed by atoms with Crippen molar-refractivity contribution < 1.29 is 29.3 Å². The number of nitrogens with zero attached hydrogens (tertiary/aromatic N) is 1. The van der Waals surface area contributed by atoms with Crippen LogP contribution in [0.5, 0.6) is 11.5 Å². The second kappa shape index (κ2) is 6.98. The molecule has 0 aromatic heterocycles. The molecule has 4 rings (SSSR count). The predicted molar refractivity (Wildman–Crippen MR) is 99.0 cm³/mol. The highest BCUT2D eigenvalue weighted by Crippen LogP contribution is 2.39. The van der Waals surface area contributed by atoms with Crippen LogP contribution in [-0.2, 0) is 6.42 Å². The van der Waals surface area contributed by atoms with Crippen LogP contribution in [0, 0.1) is 0 Å². The maximum Gasteiger partial charge on any atom is 0.430 e. The Labute approximate surface area is 157 Å². The lowest BCUT2D eigenvalue weighted by molar-refractivity contribution is -0.0248. The van der Waals surface area contributed by atoms with Crippen LogP contribution < -0.4 is 15.1 Å². The molecule has 1 saturated heterocycles. The fourth-order valence-electron chi connectivity index (χ4n) is 4.42. The van der Waals surface area contributed by atoms with Gasteiger partial charge in [-0.2, -0.15) is 0 Å². The average Bonchev–Trinajstić information content (AvgIpc) is 2.57. The van der Waals surface area contributed by atoms with Crippen molar-refractivity contribution in [3.63, 3.8) is 0 Å². The first kappa shape index (κ1) is 18.6. The third-order valence-electron chi connectivity index (χ3n) is 5.93. The Bertz CT molecular complexity index is 737. The molecule has 0 spiro atoms. The van der Waals surface area contributed by atoms with E-state index in [0.717, 1.165) is 12.8 Å². The van der Waals surface area contributed by atoms with E-state index in [0.29, 0.717) is 31.1 Å². The molecule has 2 atom stereocenters. The zero-order chi connectivity index (χ0) is 19.2. The smallest absolute Gasteiger partial charge is 0.430 e. The minimum absolute atomic E-state index is 0.00160. The molecule has 3 aliphatic rings. The van der Waals surface area contributed by atoms with Crippen molar-refractivity contribution in [2.45, 2.75) is 56.6 Å². The molecule has 0 amide bonds. The van der Waals surface area contributed by atoms with Crippen LogP contribution in [0.2, 0.25) is 6.32 Å². The molecule has 0 radical (unpaired) electrons. The molecule has 8 nitrogen and oxygen atoms in total. The van der Waals surface area contributed by atoms with E-state index in [2.05, 4.69) is 4.90 Å². The molecule has 1 aromatic rings. The fraction of sp³-hybridized carbons (Fsp3) is 0.611. The molecule has 9 heteroatoms. The predicted octanol–water partition coefficient (Wildman–Crippen LogP) is 0.576. The van der Waals surface area contributed by atoms with Crippen molar-refractivity contribution in [1.82, 2.24) is 4.90 Å². The van der Waals surface area contributed by atoms with Crippen LogP contribution in [0.3, 0.4) is 0 Å². The minimum atomic E-state index is -3.03. The molecular formula is C18H26BN2O6-. The van der Waals surface area contributed by atoms with Crippen molar-refractivity contribution in [3.05, 3.63) is 23.3 Å². The third-order valence-corrected chi connectivity index (χ3v) is 5.93. The SMILES string of the molecule is N[C@H]1CCCC[C@@H]1N1CC(Oc2ccc3c(c2C(=O)O)O[B-](O)(O)CC3)C1. The Morgan fingerprint density at radius 1 is 1.26 bits per heavy atom. The molecule has 27 heavy (non-hydrogen) atoms. The van der Waals surface area contributed by atoms with Gasteiger partial charge in [-0.05, 0) is 30.9 Å². The van der Waals surface area contributed by atoms with E-state index in [9.17, 15) is 19.9 Å². The van der Waals surface area contributed by atoms with Crippen molar-refractivity contribution in [1.29, 1.82) is 0 Å². The van der Waals surface area contributed by atoms with E-state index < -0.39 is 12.7 Å². The molecule has 2 heterocycles. The Morgan fingerprint density at radius 2 is 2.00 bits per heavy atom. The Balaban J connectivity index is 1.48. The number of carbonyl (C=O) groups is 1. The Kier molecular flexibility index (Phi) is 4.79. The summed E-state index contributed by atoms with van der Waals surface area (Å²) in [5.41, 5.74) is 6.73. The maximum absolute atomic E-state index is 11.8. The van der Waals surface area contributed by atoms with E-state index >= 15 is 0 Å². The molecule has 0 unspecified atom stereocenters. The number of carboxylic acids is 1. The zero-order valence-corrected chi connectivity index (χ0v) is 15.2. The second-order valence-corrected chi connectivity index (χ2v) is 7.96. The number of rotatable bonds is 4. The molecule has 2 aliphatic heterocycles. The lowest BCUT2D eigenvalue weighted by Gasteiger charge is -2.47. The number of likely N-dealkylation sites (tertiary alicyclic amines) is 1. The highest BCUT2D eigenvalue weighted by Gasteiger charge is 2.39. The molecule has 0 bridgehead atoms. The summed E-state index contributed by atoms with van der Waals surface area (Å²) >= 11 is 0. The van der Waals surface area contributed by atoms with Gasteiger partial charge < -0.3 is 30.3 Å². The standard InChI is InChI=1S/C18H26BN2O6/c20-13-3-1-2-4-14(13)21-9-12(10-21)26-15-6-5-11-7-8-19(24,25)27-17(11)16(15)18(22)23/h5-6,12-14,24-25H,1-4,7-10,20H2,(H,22,23)/q-1/t13-,14-/m0/s1. The lowest BCUT2D eigenvalue weighted by atomic mass is 9.70. The van der Waals surface area contributed by atoms with Crippen LogP contribution >= 0.6 is 0 Å². The van der Waals surface area contributed by atoms with Gasteiger partial charge in [0.05, 0.1) is 5.75 Å². The van der Waals surface area contributed by atoms with Crippen LogP contribution in [0.25, 0.3) is 0 Å². The van der Waals surface area contributed by atoms with E-state index in [1.807, 2.05) is 0 Å². The lowest BCUT2D eigenvalue weighted by Crippen LogP contribution is -2.62. The number of ether oxygens (including phenoxy) is 1. The number of aromatic carboxylic acids is 1. The van der Waals surface area contributed by atoms with Gasteiger partial charge in [0.1, 0.15) is 17.4 Å². The summed E-state index contributed by atoms with van der Waals surface area (Å²) in [7, 11) is 0. The van der Waals surface area contributed by atoms with Gasteiger partial charge in [0.15, 0.2) is 0 Å². The van der Waals surface area contributed by atoms with Crippen molar-refractivity contribution in [2.24, 2.45) is 5.73 Å². The van der Waals surface area contributed by atoms with Crippen LogP contribution in [0.15, 0.2) is 12.1 Å². The molecular weight excluding hydrogens is 351 g/mol. The van der Waals surface area contributed by atoms with Gasteiger partial charge in [-0.3, -0.25) is 4.90 Å². The molecule has 1 saturated carbocycles. The van der Waals surface area contributed by atoms with Crippen LogP contribution in [-0.4, -0.2) is 64.1 Å². The average molecular weight is 377 g/mol. The quantitative estimate of drug-likeness (QED) is 0.562. The summed E-state index contributed by atoms with van der Waals surface area (Å²) in [6.07, 6.45) is 4.80. The summed E-state index contributed by atoms with van der Waals surface area (Å²) in [6.45, 7) is -1.61. The summed E-state index contributed by atoms with van der Waals surface area (Å²) in [5, 5.41) is 29.3. The van der Waals surface area contributed by atoms with Crippen molar-refractivity contribution in [3.8, 4) is 11.5 Å². The minimum Gasteiger partial charge on any atom is -0.669 e. The number of nitrogens with two attached hydrogens (primary N) is 1. The summed E-state index contributed by atoms with van der Waals surface area (Å²) in [6, 6.07) is 3.93. The first-order chi connectivity index (χ1) is 12.8. The van der Waals surface area contributed by atoms with Gasteiger partial charge in [-0.25, -0.2) is 4.79 Å². The second-order valence-electron chi connectivity index (χ2n) is 7.96. The fourth-order valence-corrected chi connectivity index (χ4v) is 4.42. The van der Waals surface area contributed by atoms with Gasteiger partial charge in [0, 0.05) is 25.2 Å². The van der Waals surface area contributed by atoms with E-state index in [1.54, 1.807) is 12.1 Å². The Morgan fingerprint density at radius 3 is 2.70 bits per heavy atom. The van der Waals surface area contributed by atoms with Gasteiger partial charge in [0.2, 0.25) is 0 Å². The highest BCUT2D eigenvalue weighted by molar-refractivity contribution is 6.59. The van der Waals surface area contributed by atoms with Gasteiger partial charge in [-0.15, -0.1) is 0 Å². The molecule has 1 aliphatic carbocycles. The topological polar surface area (TPSA) is 125 Å². The van der Waals surface area contributed by atoms with Gasteiger partial charge in [0.25, 0.3) is 0 Å². The van der Waals surface area contributed by atoms with Crippen molar-refractivity contribution >= 4 is 12.7 Å². The maximum atomic E-state index is 11.8. The summed E-state index contributed by atoms with van der Waals surface area (Å²) < 4.78 is 11.1. The van der Waals surface area contributed by atoms with E-state index in [-0.39, 0.29) is 35.5 Å². The number of aryl methyl sites for hydroxylation is 1. The van der Waals surface area contributed by atoms with Gasteiger partial charge >= 0.3 is 12.7 Å². The number of hydrogen-bond donors (Lipinski definition) is 4. The summed E-state index contributed by atoms with van der Waals surface area (Å²) in [4.78, 5) is 14.1. The van der Waals surface area contributed by atoms with Crippen molar-refractivity contribution in [2.75, 3.05) is 13.1 Å². The third kappa shape index (κ3) is 3.64. The van der Waals surface area contributed by atoms with E-state index in [1.165, 1.54) is 12.8 Å². The molecule has 2 fully saturated rings. The number of benzene rings is 1. The van der Waals surface area contributed by atoms with Gasteiger partial charge in [-0.1, -0.05) is 25.2 Å². The number of carboxylic acid groups (broad SMARTS) is 1. The first-order valence-corrected chi connectivity index (χ1v) is 9.69. The van der Waals surface area contributed by atoms with Crippen LogP contribution in [0.4, 0.5) is 0 Å². The summed E-state index contributed by atoms with van der Waals surface area (Å²) in [5.74, 6) is -1.00. The monoisotopic (exact) mass is 377 g/mol. The molecule has 1 aromatic carbocycles.